The molecule has 6 heteroatoms. The minimum atomic E-state index is -0.897. The van der Waals surface area contributed by atoms with E-state index in [0.29, 0.717) is 13.0 Å². The summed E-state index contributed by atoms with van der Waals surface area (Å²) in [5.41, 5.74) is 0.0346. The Labute approximate surface area is 148 Å². The molecule has 2 aliphatic rings. The molecule has 1 aromatic carbocycles. The second-order valence-electron chi connectivity index (χ2n) is 6.93. The molecule has 0 aromatic heterocycles. The number of fused-ring (bicyclic) bond motifs is 1. The first-order valence-electron chi connectivity index (χ1n) is 8.95. The highest BCUT2D eigenvalue weighted by atomic mass is 16.5. The van der Waals surface area contributed by atoms with Crippen molar-refractivity contribution < 1.29 is 19.4 Å². The van der Waals surface area contributed by atoms with Gasteiger partial charge in [0.1, 0.15) is 6.54 Å². The minimum absolute atomic E-state index is 0.00893. The number of carbonyl (C=O) groups excluding carboxylic acids is 2. The van der Waals surface area contributed by atoms with E-state index in [9.17, 15) is 14.7 Å². The van der Waals surface area contributed by atoms with Crippen molar-refractivity contribution in [1.29, 1.82) is 0 Å². The molecule has 0 radical (unpaired) electrons. The van der Waals surface area contributed by atoms with Gasteiger partial charge in [0.2, 0.25) is 0 Å². The number of rotatable bonds is 3. The van der Waals surface area contributed by atoms with Crippen molar-refractivity contribution in [2.24, 2.45) is 5.92 Å². The van der Waals surface area contributed by atoms with Crippen LogP contribution in [0.1, 0.15) is 37.7 Å². The highest BCUT2D eigenvalue weighted by Crippen LogP contribution is 2.46. The van der Waals surface area contributed by atoms with Crippen LogP contribution in [-0.4, -0.2) is 48.2 Å². The Balaban J connectivity index is 1.78. The Kier molecular flexibility index (Phi) is 5.27. The quantitative estimate of drug-likeness (QED) is 0.821. The highest BCUT2D eigenvalue weighted by molar-refractivity contribution is 5.81. The number of likely N-dealkylation sites (tertiary alicyclic amines) is 1. The van der Waals surface area contributed by atoms with E-state index in [4.69, 9.17) is 0 Å². The average molecular weight is 346 g/mol. The molecular formula is C19H26N2O4. The molecule has 2 amide bonds. The van der Waals surface area contributed by atoms with Gasteiger partial charge in [0, 0.05) is 18.5 Å². The Bertz CT molecular complexity index is 621. The van der Waals surface area contributed by atoms with Gasteiger partial charge in [-0.15, -0.1) is 0 Å². The van der Waals surface area contributed by atoms with E-state index < -0.39 is 11.6 Å². The van der Waals surface area contributed by atoms with Gasteiger partial charge in [-0.2, -0.15) is 0 Å². The lowest BCUT2D eigenvalue weighted by atomic mass is 9.66. The van der Waals surface area contributed by atoms with Crippen LogP contribution in [0.5, 0.6) is 0 Å². The lowest BCUT2D eigenvalue weighted by molar-refractivity contribution is -0.139. The Morgan fingerprint density at radius 2 is 2.00 bits per heavy atom. The van der Waals surface area contributed by atoms with Crippen LogP contribution < -0.4 is 5.32 Å². The molecule has 2 N–H and O–H groups in total. The molecule has 0 bridgehead atoms. The third-order valence-corrected chi connectivity index (χ3v) is 5.62. The zero-order chi connectivity index (χ0) is 17.9. The first-order valence-corrected chi connectivity index (χ1v) is 8.95. The van der Waals surface area contributed by atoms with Crippen molar-refractivity contribution in [3.8, 4) is 0 Å². The summed E-state index contributed by atoms with van der Waals surface area (Å²) in [5, 5.41) is 14.1. The summed E-state index contributed by atoms with van der Waals surface area (Å²) in [4.78, 5) is 25.6. The van der Waals surface area contributed by atoms with Crippen molar-refractivity contribution >= 4 is 12.0 Å². The SMILES string of the molecule is COC(=O)CNC(=O)N1CC[C@](O)(c2ccccc2)[C@@H]2CCCC[C@H]21. The number of methoxy groups -OCH3 is 1. The summed E-state index contributed by atoms with van der Waals surface area (Å²) in [6, 6.07) is 9.52. The predicted molar refractivity (Wildman–Crippen MR) is 92.8 cm³/mol. The summed E-state index contributed by atoms with van der Waals surface area (Å²) in [6.07, 6.45) is 4.40. The first kappa shape index (κ1) is 17.7. The molecule has 1 aliphatic carbocycles. The van der Waals surface area contributed by atoms with Crippen LogP contribution in [0.4, 0.5) is 4.79 Å². The van der Waals surface area contributed by atoms with E-state index >= 15 is 0 Å². The fourth-order valence-corrected chi connectivity index (χ4v) is 4.34. The Hall–Kier alpha value is -2.08. The van der Waals surface area contributed by atoms with Crippen molar-refractivity contribution in [2.45, 2.75) is 43.7 Å². The molecule has 3 atom stereocenters. The van der Waals surface area contributed by atoms with Crippen LogP contribution >= 0.6 is 0 Å². The number of hydrogen-bond acceptors (Lipinski definition) is 4. The first-order chi connectivity index (χ1) is 12.1. The molecule has 0 spiro atoms. The second kappa shape index (κ2) is 7.44. The molecule has 1 aromatic rings. The molecule has 1 heterocycles. The maximum absolute atomic E-state index is 12.5. The lowest BCUT2D eigenvalue weighted by Crippen LogP contribution is -2.61. The number of nitrogens with one attached hydrogen (secondary N) is 1. The number of benzene rings is 1. The van der Waals surface area contributed by atoms with Gasteiger partial charge < -0.3 is 20.1 Å². The van der Waals surface area contributed by atoms with E-state index in [2.05, 4.69) is 10.1 Å². The summed E-state index contributed by atoms with van der Waals surface area (Å²) >= 11 is 0. The van der Waals surface area contributed by atoms with Gasteiger partial charge in [-0.1, -0.05) is 43.2 Å². The van der Waals surface area contributed by atoms with Crippen molar-refractivity contribution in [2.75, 3.05) is 20.2 Å². The maximum atomic E-state index is 12.5. The largest absolute Gasteiger partial charge is 0.468 e. The van der Waals surface area contributed by atoms with Gasteiger partial charge in [-0.3, -0.25) is 4.79 Å². The average Bonchev–Trinajstić information content (AvgIpc) is 2.67. The molecule has 0 unspecified atom stereocenters. The lowest BCUT2D eigenvalue weighted by Gasteiger charge is -2.52. The zero-order valence-electron chi connectivity index (χ0n) is 14.6. The third-order valence-electron chi connectivity index (χ3n) is 5.62. The maximum Gasteiger partial charge on any atom is 0.325 e. The van der Waals surface area contributed by atoms with Crippen LogP contribution in [0.15, 0.2) is 30.3 Å². The number of nitrogens with zero attached hydrogens (tertiary/aromatic N) is 1. The number of aliphatic hydroxyl groups is 1. The van der Waals surface area contributed by atoms with E-state index in [1.807, 2.05) is 30.3 Å². The molecule has 1 saturated carbocycles. The number of hydrogen-bond donors (Lipinski definition) is 2. The molecule has 136 valence electrons. The highest BCUT2D eigenvalue weighted by Gasteiger charge is 2.50. The number of ether oxygens (including phenoxy) is 1. The fourth-order valence-electron chi connectivity index (χ4n) is 4.34. The summed E-state index contributed by atoms with van der Waals surface area (Å²) in [6.45, 7) is 0.339. The summed E-state index contributed by atoms with van der Waals surface area (Å²) in [5.74, 6) is -0.451. The number of carbonyl (C=O) groups is 2. The van der Waals surface area contributed by atoms with Gasteiger partial charge >= 0.3 is 12.0 Å². The predicted octanol–water partition coefficient (Wildman–Crippen LogP) is 2.02. The van der Waals surface area contributed by atoms with Crippen LogP contribution in [0.2, 0.25) is 0 Å². The minimum Gasteiger partial charge on any atom is -0.468 e. The fraction of sp³-hybridized carbons (Fsp3) is 0.579. The molecule has 3 rings (SSSR count). The Morgan fingerprint density at radius 3 is 2.72 bits per heavy atom. The van der Waals surface area contributed by atoms with Crippen LogP contribution in [0, 0.1) is 5.92 Å². The van der Waals surface area contributed by atoms with Gasteiger partial charge in [-0.25, -0.2) is 4.79 Å². The van der Waals surface area contributed by atoms with Crippen molar-refractivity contribution in [1.82, 2.24) is 10.2 Å². The molecule has 1 saturated heterocycles. The molecular weight excluding hydrogens is 320 g/mol. The normalized spacial score (nSPS) is 28.8. The van der Waals surface area contributed by atoms with E-state index in [1.165, 1.54) is 7.11 Å². The Morgan fingerprint density at radius 1 is 1.28 bits per heavy atom. The van der Waals surface area contributed by atoms with Crippen LogP contribution in [0.3, 0.4) is 0 Å². The second-order valence-corrected chi connectivity index (χ2v) is 6.93. The number of esters is 1. The van der Waals surface area contributed by atoms with Gasteiger partial charge in [-0.05, 0) is 24.8 Å². The number of urea groups is 1. The molecule has 2 fully saturated rings. The number of amides is 2. The van der Waals surface area contributed by atoms with E-state index in [1.54, 1.807) is 4.90 Å². The topological polar surface area (TPSA) is 78.9 Å². The smallest absolute Gasteiger partial charge is 0.325 e. The third kappa shape index (κ3) is 3.49. The van der Waals surface area contributed by atoms with Crippen LogP contribution in [-0.2, 0) is 15.1 Å². The molecule has 6 nitrogen and oxygen atoms in total. The summed E-state index contributed by atoms with van der Waals surface area (Å²) in [7, 11) is 1.30. The van der Waals surface area contributed by atoms with Crippen molar-refractivity contribution in [3.63, 3.8) is 0 Å². The van der Waals surface area contributed by atoms with E-state index in [0.717, 1.165) is 31.2 Å². The van der Waals surface area contributed by atoms with E-state index in [-0.39, 0.29) is 24.5 Å². The van der Waals surface area contributed by atoms with Crippen LogP contribution in [0.25, 0.3) is 0 Å². The molecule has 25 heavy (non-hydrogen) atoms. The van der Waals surface area contributed by atoms with Gasteiger partial charge in [0.15, 0.2) is 0 Å². The number of piperidine rings is 1. The van der Waals surface area contributed by atoms with Crippen molar-refractivity contribution in [3.05, 3.63) is 35.9 Å². The standard InChI is InChI=1S/C19H26N2O4/c1-25-17(22)13-20-18(23)21-12-11-19(24,14-7-3-2-4-8-14)15-9-5-6-10-16(15)21/h2-4,7-8,15-16,24H,5-6,9-13H2,1H3,(H,20,23)/t15-,16-,19+/m1/s1. The molecule has 1 aliphatic heterocycles. The monoisotopic (exact) mass is 346 g/mol. The zero-order valence-corrected chi connectivity index (χ0v) is 14.6. The summed E-state index contributed by atoms with van der Waals surface area (Å²) < 4.78 is 4.57. The van der Waals surface area contributed by atoms with Gasteiger partial charge in [0.25, 0.3) is 0 Å². The van der Waals surface area contributed by atoms with Gasteiger partial charge in [0.05, 0.1) is 12.7 Å².